The van der Waals surface area contributed by atoms with Gasteiger partial charge < -0.3 is 10.1 Å². The van der Waals surface area contributed by atoms with Crippen LogP contribution in [0.2, 0.25) is 0 Å². The Kier molecular flexibility index (Phi) is 3.92. The number of ether oxygens (including phenoxy) is 1. The van der Waals surface area contributed by atoms with Crippen molar-refractivity contribution in [2.24, 2.45) is 0 Å². The van der Waals surface area contributed by atoms with Gasteiger partial charge in [0.25, 0.3) is 5.69 Å². The number of para-hydroxylation sites is 1. The van der Waals surface area contributed by atoms with E-state index in [1.807, 2.05) is 0 Å². The number of pyridine rings is 1. The highest BCUT2D eigenvalue weighted by Crippen LogP contribution is 2.19. The van der Waals surface area contributed by atoms with Crippen molar-refractivity contribution in [1.82, 2.24) is 4.98 Å². The number of benzene rings is 1. The number of anilines is 1. The number of methoxy groups -OCH3 is 1. The van der Waals surface area contributed by atoms with Crippen LogP contribution in [-0.2, 0) is 6.54 Å². The normalized spacial score (nSPS) is 9.95. The van der Waals surface area contributed by atoms with Crippen LogP contribution < -0.4 is 10.1 Å². The number of nitrogens with zero attached hydrogens (tertiary/aromatic N) is 2. The molecule has 0 aliphatic rings. The number of hydrogen-bond acceptors (Lipinski definition) is 5. The van der Waals surface area contributed by atoms with E-state index in [4.69, 9.17) is 4.74 Å². The van der Waals surface area contributed by atoms with Crippen molar-refractivity contribution >= 4 is 11.5 Å². The molecule has 0 fully saturated rings. The Morgan fingerprint density at radius 1 is 1.26 bits per heavy atom. The maximum Gasteiger partial charge on any atom is 0.274 e. The zero-order valence-electron chi connectivity index (χ0n) is 10.4. The summed E-state index contributed by atoms with van der Waals surface area (Å²) in [6, 6.07) is 11.9. The standard InChI is InChI=1S/C13H13N3O3/c1-19-13-8-4-7-12(15-13)14-9-10-5-2-3-6-11(10)16(17)18/h2-8H,9H2,1H3,(H,14,15). The second-order valence-electron chi connectivity index (χ2n) is 3.80. The zero-order valence-corrected chi connectivity index (χ0v) is 10.4. The quantitative estimate of drug-likeness (QED) is 0.659. The van der Waals surface area contributed by atoms with E-state index in [1.54, 1.807) is 36.4 Å². The van der Waals surface area contributed by atoms with Gasteiger partial charge in [0, 0.05) is 24.2 Å². The van der Waals surface area contributed by atoms with Crippen LogP contribution in [0.4, 0.5) is 11.5 Å². The maximum atomic E-state index is 10.9. The van der Waals surface area contributed by atoms with Gasteiger partial charge in [-0.15, -0.1) is 0 Å². The summed E-state index contributed by atoms with van der Waals surface area (Å²) in [6.45, 7) is 0.331. The molecule has 0 aliphatic carbocycles. The highest BCUT2D eigenvalue weighted by Gasteiger charge is 2.11. The summed E-state index contributed by atoms with van der Waals surface area (Å²) in [7, 11) is 1.54. The fourth-order valence-corrected chi connectivity index (χ4v) is 1.65. The first-order chi connectivity index (χ1) is 9.20. The SMILES string of the molecule is COc1cccc(NCc2ccccc2[N+](=O)[O-])n1. The van der Waals surface area contributed by atoms with Crippen molar-refractivity contribution in [2.75, 3.05) is 12.4 Å². The van der Waals surface area contributed by atoms with Gasteiger partial charge in [0.05, 0.1) is 12.0 Å². The van der Waals surface area contributed by atoms with E-state index >= 15 is 0 Å². The molecule has 0 amide bonds. The molecule has 1 aromatic heterocycles. The van der Waals surface area contributed by atoms with E-state index in [9.17, 15) is 10.1 Å². The fourth-order valence-electron chi connectivity index (χ4n) is 1.65. The van der Waals surface area contributed by atoms with E-state index in [-0.39, 0.29) is 5.69 Å². The number of hydrogen-bond donors (Lipinski definition) is 1. The van der Waals surface area contributed by atoms with Gasteiger partial charge in [-0.25, -0.2) is 0 Å². The molecule has 1 heterocycles. The van der Waals surface area contributed by atoms with E-state index in [2.05, 4.69) is 10.3 Å². The molecule has 2 aromatic rings. The Morgan fingerprint density at radius 3 is 2.79 bits per heavy atom. The van der Waals surface area contributed by atoms with Crippen molar-refractivity contribution in [3.63, 3.8) is 0 Å². The molecule has 0 atom stereocenters. The maximum absolute atomic E-state index is 10.9. The Balaban J connectivity index is 2.12. The largest absolute Gasteiger partial charge is 0.481 e. The minimum Gasteiger partial charge on any atom is -0.481 e. The monoisotopic (exact) mass is 259 g/mol. The molecule has 1 N–H and O–H groups in total. The van der Waals surface area contributed by atoms with Crippen LogP contribution in [0.15, 0.2) is 42.5 Å². The molecule has 2 rings (SSSR count). The summed E-state index contributed by atoms with van der Waals surface area (Å²) in [6.07, 6.45) is 0. The Labute approximate surface area is 110 Å². The predicted octanol–water partition coefficient (Wildman–Crippen LogP) is 2.61. The van der Waals surface area contributed by atoms with Crippen LogP contribution in [0.1, 0.15) is 5.56 Å². The van der Waals surface area contributed by atoms with Crippen LogP contribution in [0, 0.1) is 10.1 Å². The van der Waals surface area contributed by atoms with Crippen molar-refractivity contribution in [2.45, 2.75) is 6.54 Å². The lowest BCUT2D eigenvalue weighted by atomic mass is 10.2. The van der Waals surface area contributed by atoms with Crippen LogP contribution in [0.5, 0.6) is 5.88 Å². The van der Waals surface area contributed by atoms with Gasteiger partial charge in [-0.2, -0.15) is 4.98 Å². The smallest absolute Gasteiger partial charge is 0.274 e. The zero-order chi connectivity index (χ0) is 13.7. The molecule has 0 saturated heterocycles. The molecule has 19 heavy (non-hydrogen) atoms. The molecular weight excluding hydrogens is 246 g/mol. The van der Waals surface area contributed by atoms with Gasteiger partial charge in [-0.3, -0.25) is 10.1 Å². The number of aromatic nitrogens is 1. The highest BCUT2D eigenvalue weighted by atomic mass is 16.6. The summed E-state index contributed by atoms with van der Waals surface area (Å²) in [4.78, 5) is 14.7. The predicted molar refractivity (Wildman–Crippen MR) is 71.2 cm³/mol. The number of nitro groups is 1. The van der Waals surface area contributed by atoms with Gasteiger partial charge in [0.2, 0.25) is 5.88 Å². The molecule has 6 nitrogen and oxygen atoms in total. The third-order valence-electron chi connectivity index (χ3n) is 2.58. The van der Waals surface area contributed by atoms with Crippen LogP contribution in [0.25, 0.3) is 0 Å². The minimum absolute atomic E-state index is 0.0953. The summed E-state index contributed by atoms with van der Waals surface area (Å²) >= 11 is 0. The Hall–Kier alpha value is -2.63. The van der Waals surface area contributed by atoms with Crippen LogP contribution >= 0.6 is 0 Å². The average molecular weight is 259 g/mol. The molecule has 0 radical (unpaired) electrons. The van der Waals surface area contributed by atoms with Crippen molar-refractivity contribution < 1.29 is 9.66 Å². The van der Waals surface area contributed by atoms with Crippen molar-refractivity contribution in [3.8, 4) is 5.88 Å². The van der Waals surface area contributed by atoms with E-state index in [0.29, 0.717) is 23.8 Å². The van der Waals surface area contributed by atoms with Crippen molar-refractivity contribution in [3.05, 3.63) is 58.1 Å². The first kappa shape index (κ1) is 12.8. The molecule has 0 aliphatic heterocycles. The number of nitrogens with one attached hydrogen (secondary N) is 1. The average Bonchev–Trinajstić information content (AvgIpc) is 2.45. The lowest BCUT2D eigenvalue weighted by molar-refractivity contribution is -0.385. The Bertz CT molecular complexity index is 587. The van der Waals surface area contributed by atoms with Gasteiger partial charge in [0.15, 0.2) is 0 Å². The summed E-state index contributed by atoms with van der Waals surface area (Å²) < 4.78 is 5.01. The van der Waals surface area contributed by atoms with E-state index < -0.39 is 4.92 Å². The van der Waals surface area contributed by atoms with Crippen molar-refractivity contribution in [1.29, 1.82) is 0 Å². The molecule has 0 spiro atoms. The molecule has 0 unspecified atom stereocenters. The third kappa shape index (κ3) is 3.19. The second-order valence-corrected chi connectivity index (χ2v) is 3.80. The molecular formula is C13H13N3O3. The summed E-state index contributed by atoms with van der Waals surface area (Å²) in [5.41, 5.74) is 0.704. The lowest BCUT2D eigenvalue weighted by Gasteiger charge is -2.07. The molecule has 1 aromatic carbocycles. The molecule has 98 valence electrons. The first-order valence-corrected chi connectivity index (χ1v) is 5.68. The highest BCUT2D eigenvalue weighted by molar-refractivity contribution is 5.44. The van der Waals surface area contributed by atoms with Crippen LogP contribution in [-0.4, -0.2) is 17.0 Å². The molecule has 6 heteroatoms. The van der Waals surface area contributed by atoms with Crippen LogP contribution in [0.3, 0.4) is 0 Å². The fraction of sp³-hybridized carbons (Fsp3) is 0.154. The Morgan fingerprint density at radius 2 is 2.05 bits per heavy atom. The first-order valence-electron chi connectivity index (χ1n) is 5.68. The van der Waals surface area contributed by atoms with E-state index in [1.165, 1.54) is 13.2 Å². The summed E-state index contributed by atoms with van der Waals surface area (Å²) in [5.74, 6) is 1.10. The second kappa shape index (κ2) is 5.81. The van der Waals surface area contributed by atoms with Gasteiger partial charge in [0.1, 0.15) is 5.82 Å². The number of nitro benzene ring substituents is 1. The minimum atomic E-state index is -0.393. The lowest BCUT2D eigenvalue weighted by Crippen LogP contribution is -2.04. The van der Waals surface area contributed by atoms with E-state index in [0.717, 1.165) is 0 Å². The number of rotatable bonds is 5. The molecule has 0 saturated carbocycles. The molecule has 0 bridgehead atoms. The van der Waals surface area contributed by atoms with Gasteiger partial charge >= 0.3 is 0 Å². The topological polar surface area (TPSA) is 77.3 Å². The third-order valence-corrected chi connectivity index (χ3v) is 2.58. The summed E-state index contributed by atoms with van der Waals surface area (Å²) in [5, 5.41) is 13.9. The van der Waals surface area contributed by atoms with Gasteiger partial charge in [-0.1, -0.05) is 24.3 Å². The van der Waals surface area contributed by atoms with Gasteiger partial charge in [-0.05, 0) is 6.07 Å².